The van der Waals surface area contributed by atoms with E-state index in [1.165, 1.54) is 0 Å². The highest BCUT2D eigenvalue weighted by molar-refractivity contribution is 8.01. The molecule has 0 aliphatic carbocycles. The molecule has 3 heteroatoms. The molecular formula is C6H11BOS. The molecule has 1 heterocycles. The van der Waals surface area contributed by atoms with Crippen LogP contribution >= 0.6 is 11.8 Å². The molecule has 0 saturated carbocycles. The summed E-state index contributed by atoms with van der Waals surface area (Å²) in [6, 6.07) is 0. The summed E-state index contributed by atoms with van der Waals surface area (Å²) in [6.07, 6.45) is 1.07. The van der Waals surface area contributed by atoms with Gasteiger partial charge in [0.2, 0.25) is 0 Å². The molecule has 0 aromatic heterocycles. The van der Waals surface area contributed by atoms with E-state index in [2.05, 4.69) is 6.92 Å². The molecule has 1 aliphatic heterocycles. The van der Waals surface area contributed by atoms with Crippen LogP contribution in [-0.4, -0.2) is 30.0 Å². The maximum absolute atomic E-state index is 8.73. The molecule has 0 unspecified atom stereocenters. The smallest absolute Gasteiger partial charge is 0.0850 e. The number of rotatable bonds is 1. The lowest BCUT2D eigenvalue weighted by Crippen LogP contribution is -2.05. The van der Waals surface area contributed by atoms with E-state index in [1.807, 2.05) is 0 Å². The SMILES string of the molecule is [B][C@@H]1S[C@H](CO)C[C@@H]1C. The quantitative estimate of drug-likeness (QED) is 0.541. The van der Waals surface area contributed by atoms with Gasteiger partial charge in [0, 0.05) is 5.25 Å². The van der Waals surface area contributed by atoms with Gasteiger partial charge in [-0.25, -0.2) is 0 Å². The van der Waals surface area contributed by atoms with Gasteiger partial charge in [-0.15, -0.1) is 0 Å². The van der Waals surface area contributed by atoms with Crippen LogP contribution in [0.2, 0.25) is 0 Å². The van der Waals surface area contributed by atoms with Crippen LogP contribution in [0.1, 0.15) is 13.3 Å². The molecule has 0 aromatic carbocycles. The van der Waals surface area contributed by atoms with Crippen LogP contribution in [0.5, 0.6) is 0 Å². The van der Waals surface area contributed by atoms with Crippen LogP contribution < -0.4 is 0 Å². The first-order valence-corrected chi connectivity index (χ1v) is 4.20. The first-order chi connectivity index (χ1) is 4.24. The fourth-order valence-electron chi connectivity index (χ4n) is 1.08. The van der Waals surface area contributed by atoms with Crippen molar-refractivity contribution in [1.29, 1.82) is 0 Å². The Morgan fingerprint density at radius 1 is 1.78 bits per heavy atom. The Kier molecular flexibility index (Phi) is 2.47. The molecule has 0 bridgehead atoms. The Labute approximate surface area is 61.6 Å². The first kappa shape index (κ1) is 7.48. The standard InChI is InChI=1S/C6H11BOS/c1-4-2-5(3-8)9-6(4)7/h4-6,8H,2-3H2,1H3/t4-,5-,6+/m0/s1. The molecule has 1 fully saturated rings. The topological polar surface area (TPSA) is 20.2 Å². The Hall–Kier alpha value is 0.375. The van der Waals surface area contributed by atoms with Crippen LogP contribution in [0.25, 0.3) is 0 Å². The van der Waals surface area contributed by atoms with Gasteiger partial charge in [0.05, 0.1) is 14.5 Å². The second-order valence-electron chi connectivity index (χ2n) is 2.62. The summed E-state index contributed by atoms with van der Waals surface area (Å²) in [6.45, 7) is 2.41. The largest absolute Gasteiger partial charge is 0.395 e. The van der Waals surface area contributed by atoms with Gasteiger partial charge in [0.15, 0.2) is 0 Å². The number of thioether (sulfide) groups is 1. The highest BCUT2D eigenvalue weighted by Gasteiger charge is 2.27. The third-order valence-electron chi connectivity index (χ3n) is 1.75. The fraction of sp³-hybridized carbons (Fsp3) is 1.00. The third-order valence-corrected chi connectivity index (χ3v) is 3.25. The average molecular weight is 142 g/mol. The first-order valence-electron chi connectivity index (χ1n) is 3.26. The summed E-state index contributed by atoms with van der Waals surface area (Å²) >= 11 is 1.70. The lowest BCUT2D eigenvalue weighted by atomic mass is 9.89. The maximum atomic E-state index is 8.73. The highest BCUT2D eigenvalue weighted by atomic mass is 32.2. The van der Waals surface area contributed by atoms with Crippen molar-refractivity contribution in [1.82, 2.24) is 0 Å². The van der Waals surface area contributed by atoms with Crippen LogP contribution in [0, 0.1) is 5.92 Å². The number of hydrogen-bond donors (Lipinski definition) is 1. The second-order valence-corrected chi connectivity index (χ2v) is 4.10. The number of hydrogen-bond acceptors (Lipinski definition) is 2. The Balaban J connectivity index is 2.35. The number of aliphatic hydroxyl groups excluding tert-OH is 1. The molecule has 1 aliphatic rings. The molecule has 0 amide bonds. The highest BCUT2D eigenvalue weighted by Crippen LogP contribution is 2.35. The summed E-state index contributed by atoms with van der Waals surface area (Å²) < 4.78 is 0. The molecule has 0 aromatic rings. The Bertz CT molecular complexity index is 89.1. The van der Waals surface area contributed by atoms with Gasteiger partial charge < -0.3 is 5.11 Å². The van der Waals surface area contributed by atoms with Crippen molar-refractivity contribution in [2.24, 2.45) is 5.92 Å². The molecule has 2 radical (unpaired) electrons. The van der Waals surface area contributed by atoms with Crippen molar-refractivity contribution < 1.29 is 5.11 Å². The van der Waals surface area contributed by atoms with Crippen LogP contribution in [0.3, 0.4) is 0 Å². The van der Waals surface area contributed by atoms with E-state index in [0.717, 1.165) is 6.42 Å². The predicted molar refractivity (Wildman–Crippen MR) is 41.8 cm³/mol. The molecular weight excluding hydrogens is 131 g/mol. The van der Waals surface area contributed by atoms with E-state index < -0.39 is 0 Å². The van der Waals surface area contributed by atoms with Crippen molar-refractivity contribution in [2.45, 2.75) is 23.7 Å². The van der Waals surface area contributed by atoms with Crippen LogP contribution in [-0.2, 0) is 0 Å². The Morgan fingerprint density at radius 3 is 2.67 bits per heavy atom. The van der Waals surface area contributed by atoms with Gasteiger partial charge in [-0.2, -0.15) is 11.8 Å². The Morgan fingerprint density at radius 2 is 2.44 bits per heavy atom. The third kappa shape index (κ3) is 1.65. The second kappa shape index (κ2) is 2.97. The molecule has 3 atom stereocenters. The molecule has 1 saturated heterocycles. The van der Waals surface area contributed by atoms with Gasteiger partial charge >= 0.3 is 0 Å². The van der Waals surface area contributed by atoms with Gasteiger partial charge in [0.1, 0.15) is 0 Å². The van der Waals surface area contributed by atoms with Crippen molar-refractivity contribution in [3.8, 4) is 0 Å². The fourth-order valence-corrected chi connectivity index (χ4v) is 2.40. The monoisotopic (exact) mass is 142 g/mol. The predicted octanol–water partition coefficient (Wildman–Crippen LogP) is 0.615. The van der Waals surface area contributed by atoms with Crippen LogP contribution in [0.4, 0.5) is 0 Å². The average Bonchev–Trinajstić information content (AvgIpc) is 2.13. The van der Waals surface area contributed by atoms with E-state index in [1.54, 1.807) is 11.8 Å². The lowest BCUT2D eigenvalue weighted by Gasteiger charge is -2.04. The molecule has 9 heavy (non-hydrogen) atoms. The minimum absolute atomic E-state index is 0.252. The maximum Gasteiger partial charge on any atom is 0.0850 e. The molecule has 1 rings (SSSR count). The van der Waals surface area contributed by atoms with Gasteiger partial charge in [-0.1, -0.05) is 6.92 Å². The summed E-state index contributed by atoms with van der Waals surface area (Å²) in [4.78, 5) is 0. The van der Waals surface area contributed by atoms with Crippen molar-refractivity contribution in [3.05, 3.63) is 0 Å². The zero-order valence-electron chi connectivity index (χ0n) is 5.58. The zero-order valence-corrected chi connectivity index (χ0v) is 6.40. The van der Waals surface area contributed by atoms with E-state index in [0.29, 0.717) is 11.2 Å². The van der Waals surface area contributed by atoms with E-state index in [9.17, 15) is 0 Å². The summed E-state index contributed by atoms with van der Waals surface area (Å²) in [7, 11) is 5.70. The zero-order chi connectivity index (χ0) is 6.85. The lowest BCUT2D eigenvalue weighted by molar-refractivity contribution is 0.287. The minimum Gasteiger partial charge on any atom is -0.395 e. The number of aliphatic hydroxyl groups is 1. The van der Waals surface area contributed by atoms with Crippen LogP contribution in [0.15, 0.2) is 0 Å². The minimum atomic E-state index is 0.252. The summed E-state index contributed by atoms with van der Waals surface area (Å²) in [5, 5.41) is 9.38. The van der Waals surface area contributed by atoms with Crippen molar-refractivity contribution in [2.75, 3.05) is 6.61 Å². The van der Waals surface area contributed by atoms with Crippen molar-refractivity contribution in [3.63, 3.8) is 0 Å². The molecule has 1 N–H and O–H groups in total. The normalized spacial score (nSPS) is 43.6. The molecule has 0 spiro atoms. The molecule has 1 nitrogen and oxygen atoms in total. The van der Waals surface area contributed by atoms with Gasteiger partial charge in [-0.3, -0.25) is 0 Å². The van der Waals surface area contributed by atoms with E-state index >= 15 is 0 Å². The van der Waals surface area contributed by atoms with Gasteiger partial charge in [-0.05, 0) is 17.5 Å². The van der Waals surface area contributed by atoms with Gasteiger partial charge in [0.25, 0.3) is 0 Å². The van der Waals surface area contributed by atoms with E-state index in [4.69, 9.17) is 13.0 Å². The molecule has 50 valence electrons. The van der Waals surface area contributed by atoms with Crippen molar-refractivity contribution >= 4 is 19.6 Å². The van der Waals surface area contributed by atoms with E-state index in [-0.39, 0.29) is 11.8 Å². The summed E-state index contributed by atoms with van der Waals surface area (Å²) in [5.41, 5.74) is 0. The summed E-state index contributed by atoms with van der Waals surface area (Å²) in [5.74, 6) is 0.576.